The van der Waals surface area contributed by atoms with Gasteiger partial charge >= 0.3 is 0 Å². The van der Waals surface area contributed by atoms with Crippen molar-refractivity contribution >= 4 is 17.6 Å². The highest BCUT2D eigenvalue weighted by molar-refractivity contribution is 6.06. The second kappa shape index (κ2) is 7.07. The number of ketones is 1. The summed E-state index contributed by atoms with van der Waals surface area (Å²) in [6.07, 6.45) is 8.14. The van der Waals surface area contributed by atoms with Crippen molar-refractivity contribution in [3.63, 3.8) is 0 Å². The van der Waals surface area contributed by atoms with Gasteiger partial charge in [-0.15, -0.1) is 0 Å². The molecule has 3 aliphatic heterocycles. The molecule has 1 aliphatic carbocycles. The highest BCUT2D eigenvalue weighted by Crippen LogP contribution is 2.32. The Morgan fingerprint density at radius 1 is 1.12 bits per heavy atom. The predicted molar refractivity (Wildman–Crippen MR) is 93.7 cm³/mol. The van der Waals surface area contributed by atoms with Crippen LogP contribution >= 0.6 is 0 Å². The number of hydrogen-bond donors (Lipinski definition) is 2. The van der Waals surface area contributed by atoms with Crippen molar-refractivity contribution < 1.29 is 19.1 Å². The molecule has 0 aromatic rings. The number of rotatable bonds is 4. The molecule has 0 radical (unpaired) electrons. The molecule has 0 aromatic carbocycles. The van der Waals surface area contributed by atoms with Crippen LogP contribution in [-0.2, 0) is 19.1 Å². The third-order valence-corrected chi connectivity index (χ3v) is 5.44. The lowest BCUT2D eigenvalue weighted by Gasteiger charge is -2.29. The zero-order valence-electron chi connectivity index (χ0n) is 14.6. The van der Waals surface area contributed by atoms with Gasteiger partial charge in [-0.25, -0.2) is 0 Å². The summed E-state index contributed by atoms with van der Waals surface area (Å²) in [6.45, 7) is 2.98. The van der Waals surface area contributed by atoms with Gasteiger partial charge in [-0.05, 0) is 56.0 Å². The van der Waals surface area contributed by atoms with Crippen LogP contribution in [-0.4, -0.2) is 54.8 Å². The van der Waals surface area contributed by atoms with Crippen LogP contribution in [0.2, 0.25) is 0 Å². The molecule has 2 fully saturated rings. The summed E-state index contributed by atoms with van der Waals surface area (Å²) in [7, 11) is 0. The fourth-order valence-electron chi connectivity index (χ4n) is 3.92. The first-order valence-electron chi connectivity index (χ1n) is 9.22. The molecule has 26 heavy (non-hydrogen) atoms. The summed E-state index contributed by atoms with van der Waals surface area (Å²) in [5.41, 5.74) is 1.76. The first-order chi connectivity index (χ1) is 12.6. The SMILES string of the molecule is O=C1CCC(N2C=C3C=CC(=O)C(OCC4CCNCC4)=C3C2)C(=O)N1. The monoisotopic (exact) mass is 357 g/mol. The Bertz CT molecular complexity index is 731. The fourth-order valence-corrected chi connectivity index (χ4v) is 3.92. The van der Waals surface area contributed by atoms with E-state index in [0.717, 1.165) is 37.1 Å². The topological polar surface area (TPSA) is 87.7 Å². The molecule has 7 heteroatoms. The Morgan fingerprint density at radius 3 is 2.69 bits per heavy atom. The highest BCUT2D eigenvalue weighted by Gasteiger charge is 2.36. The molecule has 7 nitrogen and oxygen atoms in total. The van der Waals surface area contributed by atoms with Crippen molar-refractivity contribution in [3.8, 4) is 0 Å². The zero-order chi connectivity index (χ0) is 18.1. The first-order valence-corrected chi connectivity index (χ1v) is 9.22. The second-order valence-electron chi connectivity index (χ2n) is 7.23. The van der Waals surface area contributed by atoms with Crippen molar-refractivity contribution in [2.24, 2.45) is 5.92 Å². The van der Waals surface area contributed by atoms with Crippen LogP contribution in [0.25, 0.3) is 0 Å². The van der Waals surface area contributed by atoms with Gasteiger partial charge in [0.05, 0.1) is 6.61 Å². The molecular formula is C19H23N3O4. The van der Waals surface area contributed by atoms with Crippen molar-refractivity contribution in [1.29, 1.82) is 0 Å². The van der Waals surface area contributed by atoms with E-state index < -0.39 is 0 Å². The van der Waals surface area contributed by atoms with E-state index in [-0.39, 0.29) is 23.6 Å². The maximum atomic E-state index is 12.3. The molecule has 138 valence electrons. The molecule has 0 spiro atoms. The Kier molecular flexibility index (Phi) is 4.63. The van der Waals surface area contributed by atoms with Gasteiger partial charge in [0.1, 0.15) is 6.04 Å². The van der Waals surface area contributed by atoms with Gasteiger partial charge in [0.2, 0.25) is 17.6 Å². The molecular weight excluding hydrogens is 334 g/mol. The van der Waals surface area contributed by atoms with Crippen molar-refractivity contribution in [2.45, 2.75) is 31.7 Å². The summed E-state index contributed by atoms with van der Waals surface area (Å²) >= 11 is 0. The minimum absolute atomic E-state index is 0.115. The molecule has 2 N–H and O–H groups in total. The average molecular weight is 357 g/mol. The van der Waals surface area contributed by atoms with Crippen LogP contribution < -0.4 is 10.6 Å². The van der Waals surface area contributed by atoms with E-state index in [0.29, 0.717) is 37.7 Å². The Hall–Kier alpha value is -2.41. The van der Waals surface area contributed by atoms with Gasteiger partial charge in [-0.3, -0.25) is 19.7 Å². The number of piperidine rings is 2. The fraction of sp³-hybridized carbons (Fsp3) is 0.526. The molecule has 0 saturated carbocycles. The van der Waals surface area contributed by atoms with E-state index in [4.69, 9.17) is 4.74 Å². The predicted octanol–water partition coefficient (Wildman–Crippen LogP) is 0.400. The molecule has 4 aliphatic rings. The first kappa shape index (κ1) is 17.0. The summed E-state index contributed by atoms with van der Waals surface area (Å²) in [5, 5.41) is 5.71. The quantitative estimate of drug-likeness (QED) is 0.708. The van der Waals surface area contributed by atoms with Crippen molar-refractivity contribution in [3.05, 3.63) is 35.3 Å². The van der Waals surface area contributed by atoms with Crippen LogP contribution in [0.15, 0.2) is 35.3 Å². The molecule has 2 amide bonds. The summed E-state index contributed by atoms with van der Waals surface area (Å²) < 4.78 is 5.96. The second-order valence-corrected chi connectivity index (χ2v) is 7.23. The van der Waals surface area contributed by atoms with Gasteiger partial charge < -0.3 is 15.0 Å². The van der Waals surface area contributed by atoms with E-state index in [1.165, 1.54) is 6.08 Å². The minimum atomic E-state index is -0.382. The van der Waals surface area contributed by atoms with E-state index >= 15 is 0 Å². The Labute approximate surface area is 152 Å². The van der Waals surface area contributed by atoms with Gasteiger partial charge in [-0.2, -0.15) is 0 Å². The van der Waals surface area contributed by atoms with E-state index in [2.05, 4.69) is 10.6 Å². The number of allylic oxidation sites excluding steroid dienone is 2. The number of nitrogens with zero attached hydrogens (tertiary/aromatic N) is 1. The molecule has 0 bridgehead atoms. The number of ether oxygens (including phenoxy) is 1. The number of carbonyl (C=O) groups excluding carboxylic acids is 3. The highest BCUT2D eigenvalue weighted by atomic mass is 16.5. The van der Waals surface area contributed by atoms with E-state index in [9.17, 15) is 14.4 Å². The average Bonchev–Trinajstić information content (AvgIpc) is 3.05. The molecule has 3 heterocycles. The smallest absolute Gasteiger partial charge is 0.249 e. The molecule has 1 unspecified atom stereocenters. The third kappa shape index (κ3) is 3.31. The summed E-state index contributed by atoms with van der Waals surface area (Å²) in [5.74, 6) is 0.257. The number of imide groups is 1. The molecule has 1 atom stereocenters. The number of hydrogen-bond acceptors (Lipinski definition) is 6. The molecule has 2 saturated heterocycles. The normalized spacial score (nSPS) is 26.8. The molecule has 0 aromatic heterocycles. The maximum Gasteiger partial charge on any atom is 0.249 e. The Balaban J connectivity index is 1.48. The van der Waals surface area contributed by atoms with Gasteiger partial charge in [0.25, 0.3) is 0 Å². The van der Waals surface area contributed by atoms with Crippen LogP contribution in [0.5, 0.6) is 0 Å². The van der Waals surface area contributed by atoms with Gasteiger partial charge in [0, 0.05) is 24.7 Å². The zero-order valence-corrected chi connectivity index (χ0v) is 14.6. The summed E-state index contributed by atoms with van der Waals surface area (Å²) in [4.78, 5) is 37.7. The number of amides is 2. The van der Waals surface area contributed by atoms with Crippen molar-refractivity contribution in [1.82, 2.24) is 15.5 Å². The molecule has 4 rings (SSSR count). The van der Waals surface area contributed by atoms with E-state index in [1.54, 1.807) is 6.08 Å². The van der Waals surface area contributed by atoms with E-state index in [1.807, 2.05) is 11.1 Å². The minimum Gasteiger partial charge on any atom is -0.489 e. The Morgan fingerprint density at radius 2 is 1.92 bits per heavy atom. The van der Waals surface area contributed by atoms with Crippen LogP contribution in [0.1, 0.15) is 25.7 Å². The summed E-state index contributed by atoms with van der Waals surface area (Å²) in [6, 6.07) is -0.382. The van der Waals surface area contributed by atoms with Gasteiger partial charge in [0.15, 0.2) is 5.76 Å². The number of fused-ring (bicyclic) bond motifs is 1. The van der Waals surface area contributed by atoms with Crippen LogP contribution in [0.3, 0.4) is 0 Å². The third-order valence-electron chi connectivity index (χ3n) is 5.44. The van der Waals surface area contributed by atoms with Gasteiger partial charge in [-0.1, -0.05) is 0 Å². The standard InChI is InChI=1S/C19H23N3O4/c23-16-3-1-13-9-22(15-2-4-17(24)21-19(15)25)10-14(13)18(16)26-11-12-5-7-20-8-6-12/h1,3,9,12,15,20H,2,4-8,10-11H2,(H,21,24,25). The van der Waals surface area contributed by atoms with Crippen LogP contribution in [0, 0.1) is 5.92 Å². The van der Waals surface area contributed by atoms with Crippen LogP contribution in [0.4, 0.5) is 0 Å². The largest absolute Gasteiger partial charge is 0.489 e. The lowest BCUT2D eigenvalue weighted by Crippen LogP contribution is -2.50. The van der Waals surface area contributed by atoms with Crippen molar-refractivity contribution in [2.75, 3.05) is 26.2 Å². The number of nitrogens with one attached hydrogen (secondary N) is 2. The lowest BCUT2D eigenvalue weighted by atomic mass is 9.98. The maximum absolute atomic E-state index is 12.3. The lowest BCUT2D eigenvalue weighted by molar-refractivity contribution is -0.136. The number of carbonyl (C=O) groups is 3.